The molecule has 0 saturated heterocycles. The number of hydrogen-bond acceptors (Lipinski definition) is 4. The van der Waals surface area contributed by atoms with Crippen molar-refractivity contribution in [1.29, 1.82) is 0 Å². The van der Waals surface area contributed by atoms with Gasteiger partial charge in [0, 0.05) is 30.1 Å². The third-order valence-electron chi connectivity index (χ3n) is 2.81. The smallest absolute Gasteiger partial charge is 0.264 e. The van der Waals surface area contributed by atoms with Gasteiger partial charge in [-0.15, -0.1) is 0 Å². The Kier molecular flexibility index (Phi) is 3.77. The van der Waals surface area contributed by atoms with E-state index in [1.54, 1.807) is 30.3 Å². The molecule has 0 radical (unpaired) electrons. The number of benzene rings is 1. The fraction of sp³-hybridized carbons (Fsp3) is 0.455. The second kappa shape index (κ2) is 4.90. The molecule has 6 nitrogen and oxygen atoms in total. The predicted molar refractivity (Wildman–Crippen MR) is 62.0 cm³/mol. The van der Waals surface area contributed by atoms with Crippen molar-refractivity contribution in [2.24, 2.45) is 0 Å². The Hall–Kier alpha value is -1.98. The van der Waals surface area contributed by atoms with Gasteiger partial charge in [-0.3, -0.25) is 20.2 Å². The van der Waals surface area contributed by atoms with E-state index in [-0.39, 0.29) is 6.42 Å². The largest absolute Gasteiger partial charge is 0.285 e. The first-order valence-corrected chi connectivity index (χ1v) is 5.17. The summed E-state index contributed by atoms with van der Waals surface area (Å²) in [6.07, 6.45) is 0.0574. The number of nitro groups is 2. The topological polar surface area (TPSA) is 86.3 Å². The first-order valence-electron chi connectivity index (χ1n) is 5.17. The molecule has 0 amide bonds. The monoisotopic (exact) mass is 238 g/mol. The molecule has 1 rings (SSSR count). The van der Waals surface area contributed by atoms with E-state index in [1.165, 1.54) is 13.8 Å². The summed E-state index contributed by atoms with van der Waals surface area (Å²) in [5, 5.41) is 21.8. The van der Waals surface area contributed by atoms with Crippen molar-refractivity contribution in [3.05, 3.63) is 56.1 Å². The molecular formula is C11H14N2O4. The fourth-order valence-corrected chi connectivity index (χ4v) is 1.54. The minimum atomic E-state index is -1.58. The maximum Gasteiger partial charge on any atom is 0.285 e. The van der Waals surface area contributed by atoms with E-state index in [0.29, 0.717) is 0 Å². The summed E-state index contributed by atoms with van der Waals surface area (Å²) in [4.78, 5) is 20.6. The summed E-state index contributed by atoms with van der Waals surface area (Å²) in [5.41, 5.74) is -0.858. The molecule has 0 aliphatic carbocycles. The average molecular weight is 238 g/mol. The van der Waals surface area contributed by atoms with E-state index >= 15 is 0 Å². The van der Waals surface area contributed by atoms with Crippen LogP contribution in [0.3, 0.4) is 0 Å². The second-order valence-electron chi connectivity index (χ2n) is 4.40. The third kappa shape index (κ3) is 2.99. The molecule has 0 heterocycles. The molecule has 1 aromatic carbocycles. The summed E-state index contributed by atoms with van der Waals surface area (Å²) in [7, 11) is 0. The lowest BCUT2D eigenvalue weighted by Crippen LogP contribution is -2.49. The van der Waals surface area contributed by atoms with Gasteiger partial charge in [-0.05, 0) is 5.56 Å². The Labute approximate surface area is 98.6 Å². The predicted octanol–water partition coefficient (Wildman–Crippen LogP) is 1.93. The Balaban J connectivity index is 2.96. The first kappa shape index (κ1) is 13.1. The summed E-state index contributed by atoms with van der Waals surface area (Å²) in [5.74, 6) is 0. The Morgan fingerprint density at radius 2 is 1.71 bits per heavy atom. The van der Waals surface area contributed by atoms with E-state index in [4.69, 9.17) is 0 Å². The van der Waals surface area contributed by atoms with Gasteiger partial charge in [-0.1, -0.05) is 30.3 Å². The SMILES string of the molecule is CC(C)([C@H](Cc1ccccc1)[N+](=O)[O-])[N+](=O)[O-]. The highest BCUT2D eigenvalue weighted by molar-refractivity contribution is 5.16. The summed E-state index contributed by atoms with van der Waals surface area (Å²) in [6.45, 7) is 2.56. The molecule has 1 atom stereocenters. The lowest BCUT2D eigenvalue weighted by molar-refractivity contribution is -0.646. The molecule has 0 N–H and O–H groups in total. The van der Waals surface area contributed by atoms with Crippen LogP contribution in [0.2, 0.25) is 0 Å². The van der Waals surface area contributed by atoms with Gasteiger partial charge < -0.3 is 0 Å². The van der Waals surface area contributed by atoms with E-state index in [9.17, 15) is 20.2 Å². The molecule has 92 valence electrons. The molecule has 0 spiro atoms. The van der Waals surface area contributed by atoms with Crippen LogP contribution in [0, 0.1) is 20.2 Å². The Morgan fingerprint density at radius 3 is 2.12 bits per heavy atom. The normalized spacial score (nSPS) is 13.1. The van der Waals surface area contributed by atoms with Gasteiger partial charge in [-0.25, -0.2) is 0 Å². The molecule has 0 unspecified atom stereocenters. The van der Waals surface area contributed by atoms with E-state index in [1.807, 2.05) is 0 Å². The first-order chi connectivity index (χ1) is 7.85. The average Bonchev–Trinajstić information content (AvgIpc) is 2.26. The van der Waals surface area contributed by atoms with Crippen LogP contribution in [0.15, 0.2) is 30.3 Å². The molecule has 6 heteroatoms. The van der Waals surface area contributed by atoms with Crippen LogP contribution >= 0.6 is 0 Å². The van der Waals surface area contributed by atoms with Crippen LogP contribution in [-0.4, -0.2) is 21.4 Å². The van der Waals surface area contributed by atoms with Crippen LogP contribution in [0.25, 0.3) is 0 Å². The van der Waals surface area contributed by atoms with Gasteiger partial charge in [0.15, 0.2) is 0 Å². The minimum absolute atomic E-state index is 0.0574. The highest BCUT2D eigenvalue weighted by Gasteiger charge is 2.49. The maximum atomic E-state index is 11.0. The standard InChI is InChI=1S/C11H14N2O4/c1-11(2,13(16)17)10(12(14)15)8-9-6-4-3-5-7-9/h3-7,10H,8H2,1-2H3/t10-/m0/s1. The summed E-state index contributed by atoms with van der Waals surface area (Å²) in [6, 6.07) is 7.53. The van der Waals surface area contributed by atoms with Crippen LogP contribution in [0.1, 0.15) is 19.4 Å². The molecule has 0 aromatic heterocycles. The van der Waals surface area contributed by atoms with Crippen LogP contribution in [0.4, 0.5) is 0 Å². The van der Waals surface area contributed by atoms with E-state index in [2.05, 4.69) is 0 Å². The third-order valence-corrected chi connectivity index (χ3v) is 2.81. The quantitative estimate of drug-likeness (QED) is 0.579. The van der Waals surface area contributed by atoms with Crippen LogP contribution in [0.5, 0.6) is 0 Å². The molecule has 1 aromatic rings. The zero-order valence-corrected chi connectivity index (χ0v) is 9.70. The molecule has 0 aliphatic heterocycles. The van der Waals surface area contributed by atoms with Crippen molar-refractivity contribution in [3.8, 4) is 0 Å². The molecular weight excluding hydrogens is 224 g/mol. The number of rotatable bonds is 5. The lowest BCUT2D eigenvalue weighted by Gasteiger charge is -2.19. The van der Waals surface area contributed by atoms with Gasteiger partial charge >= 0.3 is 0 Å². The second-order valence-corrected chi connectivity index (χ2v) is 4.40. The van der Waals surface area contributed by atoms with Gasteiger partial charge in [0.1, 0.15) is 0 Å². The molecule has 17 heavy (non-hydrogen) atoms. The lowest BCUT2D eigenvalue weighted by atomic mass is 9.90. The number of hydrogen-bond donors (Lipinski definition) is 0. The van der Waals surface area contributed by atoms with Gasteiger partial charge in [0.05, 0.1) is 0 Å². The maximum absolute atomic E-state index is 11.0. The zero-order chi connectivity index (χ0) is 13.1. The molecule has 0 bridgehead atoms. The molecule has 0 saturated carbocycles. The van der Waals surface area contributed by atoms with Crippen LogP contribution in [-0.2, 0) is 6.42 Å². The molecule has 0 fully saturated rings. The zero-order valence-electron chi connectivity index (χ0n) is 9.70. The van der Waals surface area contributed by atoms with Crippen molar-refractivity contribution in [2.75, 3.05) is 0 Å². The summed E-state index contributed by atoms with van der Waals surface area (Å²) < 4.78 is 0. The van der Waals surface area contributed by atoms with Crippen molar-refractivity contribution in [3.63, 3.8) is 0 Å². The number of nitrogens with zero attached hydrogens (tertiary/aromatic N) is 2. The summed E-state index contributed by atoms with van der Waals surface area (Å²) >= 11 is 0. The highest BCUT2D eigenvalue weighted by Crippen LogP contribution is 2.20. The van der Waals surface area contributed by atoms with Crippen molar-refractivity contribution in [1.82, 2.24) is 0 Å². The van der Waals surface area contributed by atoms with E-state index in [0.717, 1.165) is 5.56 Å². The van der Waals surface area contributed by atoms with Gasteiger partial charge in [0.25, 0.3) is 11.6 Å². The fourth-order valence-electron chi connectivity index (χ4n) is 1.54. The minimum Gasteiger partial charge on any atom is -0.264 e. The van der Waals surface area contributed by atoms with E-state index < -0.39 is 21.4 Å². The Morgan fingerprint density at radius 1 is 1.18 bits per heavy atom. The van der Waals surface area contributed by atoms with Gasteiger partial charge in [-0.2, -0.15) is 0 Å². The van der Waals surface area contributed by atoms with Crippen molar-refractivity contribution >= 4 is 0 Å². The Bertz CT molecular complexity index is 417. The van der Waals surface area contributed by atoms with Crippen LogP contribution < -0.4 is 0 Å². The molecule has 0 aliphatic rings. The van der Waals surface area contributed by atoms with Crippen molar-refractivity contribution in [2.45, 2.75) is 31.8 Å². The highest BCUT2D eigenvalue weighted by atomic mass is 16.6. The van der Waals surface area contributed by atoms with Gasteiger partial charge in [0.2, 0.25) is 0 Å². The van der Waals surface area contributed by atoms with Crippen molar-refractivity contribution < 1.29 is 9.85 Å².